The molecule has 0 saturated heterocycles. The fourth-order valence-electron chi connectivity index (χ4n) is 2.30. The molecule has 0 bridgehead atoms. The van der Waals surface area contributed by atoms with Crippen LogP contribution in [0.5, 0.6) is 0 Å². The van der Waals surface area contributed by atoms with Gasteiger partial charge >= 0.3 is 0 Å². The number of para-hydroxylation sites is 1. The Morgan fingerprint density at radius 3 is 3.06 bits per heavy atom. The van der Waals surface area contributed by atoms with Crippen LogP contribution in [0, 0.1) is 0 Å². The SMILES string of the molecule is CSCc1nn(-c2ccccc2Br)c2c1CCN2. The summed E-state index contributed by atoms with van der Waals surface area (Å²) in [5, 5.41) is 8.20. The van der Waals surface area contributed by atoms with Gasteiger partial charge in [-0.25, -0.2) is 4.68 Å². The second kappa shape index (κ2) is 4.97. The Kier molecular flexibility index (Phi) is 3.35. The molecular weight excluding hydrogens is 310 g/mol. The van der Waals surface area contributed by atoms with E-state index >= 15 is 0 Å². The van der Waals surface area contributed by atoms with Crippen molar-refractivity contribution in [3.05, 3.63) is 40.0 Å². The van der Waals surface area contributed by atoms with E-state index < -0.39 is 0 Å². The van der Waals surface area contributed by atoms with Crippen LogP contribution in [0.4, 0.5) is 5.82 Å². The van der Waals surface area contributed by atoms with Crippen molar-refractivity contribution in [3.63, 3.8) is 0 Å². The van der Waals surface area contributed by atoms with Crippen LogP contribution >= 0.6 is 27.7 Å². The molecule has 1 aliphatic rings. The summed E-state index contributed by atoms with van der Waals surface area (Å²) in [6, 6.07) is 8.19. The van der Waals surface area contributed by atoms with Crippen LogP contribution in [0.15, 0.2) is 28.7 Å². The standard InChI is InChI=1S/C13H14BrN3S/c1-18-8-11-9-6-7-15-13(9)17(16-11)12-5-3-2-4-10(12)14/h2-5,15H,6-8H2,1H3. The van der Waals surface area contributed by atoms with Crippen molar-refractivity contribution in [2.24, 2.45) is 0 Å². The molecule has 1 aliphatic heterocycles. The van der Waals surface area contributed by atoms with Gasteiger partial charge in [0, 0.05) is 22.3 Å². The minimum Gasteiger partial charge on any atom is -0.369 e. The third-order valence-electron chi connectivity index (χ3n) is 3.10. The second-order valence-electron chi connectivity index (χ2n) is 4.25. The zero-order valence-corrected chi connectivity index (χ0v) is 12.5. The van der Waals surface area contributed by atoms with Gasteiger partial charge < -0.3 is 5.32 Å². The highest BCUT2D eigenvalue weighted by atomic mass is 79.9. The molecule has 0 saturated carbocycles. The molecule has 0 radical (unpaired) electrons. The predicted octanol–water partition coefficient (Wildman–Crippen LogP) is 3.47. The first-order valence-electron chi connectivity index (χ1n) is 5.89. The van der Waals surface area contributed by atoms with Crippen LogP contribution in [0.25, 0.3) is 5.69 Å². The lowest BCUT2D eigenvalue weighted by Gasteiger charge is -2.08. The van der Waals surface area contributed by atoms with Crippen LogP contribution in [0.3, 0.4) is 0 Å². The first-order valence-corrected chi connectivity index (χ1v) is 8.08. The summed E-state index contributed by atoms with van der Waals surface area (Å²) in [6.07, 6.45) is 3.20. The number of aromatic nitrogens is 2. The monoisotopic (exact) mass is 323 g/mol. The number of fused-ring (bicyclic) bond motifs is 1. The molecule has 3 rings (SSSR count). The average molecular weight is 324 g/mol. The molecule has 0 atom stereocenters. The van der Waals surface area contributed by atoms with Crippen molar-refractivity contribution < 1.29 is 0 Å². The summed E-state index contributed by atoms with van der Waals surface area (Å²) in [5.74, 6) is 2.13. The maximum atomic E-state index is 4.76. The van der Waals surface area contributed by atoms with E-state index in [9.17, 15) is 0 Å². The minimum atomic E-state index is 0.974. The number of benzene rings is 1. The highest BCUT2D eigenvalue weighted by molar-refractivity contribution is 9.10. The summed E-state index contributed by atoms with van der Waals surface area (Å²) in [6.45, 7) is 1.01. The Balaban J connectivity index is 2.13. The summed E-state index contributed by atoms with van der Waals surface area (Å²) < 4.78 is 3.09. The van der Waals surface area contributed by atoms with Gasteiger partial charge in [0.05, 0.1) is 11.4 Å². The molecule has 0 unspecified atom stereocenters. The van der Waals surface area contributed by atoms with Gasteiger partial charge in [0.2, 0.25) is 0 Å². The zero-order valence-electron chi connectivity index (χ0n) is 10.1. The number of nitrogens with zero attached hydrogens (tertiary/aromatic N) is 2. The van der Waals surface area contributed by atoms with Crippen LogP contribution in [-0.2, 0) is 12.2 Å². The lowest BCUT2D eigenvalue weighted by atomic mass is 10.2. The van der Waals surface area contributed by atoms with Crippen LogP contribution in [0.1, 0.15) is 11.3 Å². The molecule has 0 aliphatic carbocycles. The molecule has 0 spiro atoms. The number of anilines is 1. The summed E-state index contributed by atoms with van der Waals surface area (Å²) in [7, 11) is 0. The molecule has 2 aromatic rings. The van der Waals surface area contributed by atoms with Gasteiger partial charge in [-0.15, -0.1) is 0 Å². The zero-order chi connectivity index (χ0) is 12.5. The highest BCUT2D eigenvalue weighted by Crippen LogP contribution is 2.32. The summed E-state index contributed by atoms with van der Waals surface area (Å²) in [5.41, 5.74) is 3.67. The molecule has 1 aromatic heterocycles. The first kappa shape index (κ1) is 12.1. The van der Waals surface area contributed by atoms with E-state index in [0.717, 1.165) is 34.7 Å². The number of thioether (sulfide) groups is 1. The number of hydrogen-bond donors (Lipinski definition) is 1. The van der Waals surface area contributed by atoms with Gasteiger partial charge in [0.1, 0.15) is 5.82 Å². The van der Waals surface area contributed by atoms with Gasteiger partial charge in [0.15, 0.2) is 0 Å². The van der Waals surface area contributed by atoms with E-state index in [1.54, 1.807) is 0 Å². The molecule has 18 heavy (non-hydrogen) atoms. The molecule has 0 amide bonds. The Bertz CT molecular complexity index is 580. The van der Waals surface area contributed by atoms with Crippen LogP contribution < -0.4 is 5.32 Å². The molecule has 3 nitrogen and oxygen atoms in total. The second-order valence-corrected chi connectivity index (χ2v) is 5.97. The van der Waals surface area contributed by atoms with E-state index in [1.807, 2.05) is 34.6 Å². The molecule has 5 heteroatoms. The molecular formula is C13H14BrN3S. The van der Waals surface area contributed by atoms with E-state index in [4.69, 9.17) is 5.10 Å². The topological polar surface area (TPSA) is 29.9 Å². The predicted molar refractivity (Wildman–Crippen MR) is 80.7 cm³/mol. The maximum absolute atomic E-state index is 4.76. The maximum Gasteiger partial charge on any atom is 0.133 e. The highest BCUT2D eigenvalue weighted by Gasteiger charge is 2.23. The average Bonchev–Trinajstić information content (AvgIpc) is 2.94. The minimum absolute atomic E-state index is 0.974. The number of rotatable bonds is 3. The summed E-state index contributed by atoms with van der Waals surface area (Å²) >= 11 is 5.41. The van der Waals surface area contributed by atoms with Gasteiger partial charge in [-0.2, -0.15) is 16.9 Å². The molecule has 94 valence electrons. The Morgan fingerprint density at radius 1 is 1.44 bits per heavy atom. The number of halogens is 1. The molecule has 1 N–H and O–H groups in total. The van der Waals surface area contributed by atoms with Gasteiger partial charge in [-0.3, -0.25) is 0 Å². The lowest BCUT2D eigenvalue weighted by Crippen LogP contribution is -2.05. The fourth-order valence-corrected chi connectivity index (χ4v) is 3.25. The Morgan fingerprint density at radius 2 is 2.28 bits per heavy atom. The van der Waals surface area contributed by atoms with Gasteiger partial charge in [0.25, 0.3) is 0 Å². The van der Waals surface area contributed by atoms with Crippen molar-refractivity contribution in [3.8, 4) is 5.69 Å². The smallest absolute Gasteiger partial charge is 0.133 e. The fraction of sp³-hybridized carbons (Fsp3) is 0.308. The van der Waals surface area contributed by atoms with Crippen molar-refractivity contribution in [2.45, 2.75) is 12.2 Å². The number of hydrogen-bond acceptors (Lipinski definition) is 3. The normalized spacial score (nSPS) is 13.4. The van der Waals surface area contributed by atoms with Gasteiger partial charge in [-0.05, 0) is 40.7 Å². The third-order valence-corrected chi connectivity index (χ3v) is 4.33. The van der Waals surface area contributed by atoms with E-state index in [2.05, 4.69) is 33.6 Å². The number of nitrogens with one attached hydrogen (secondary N) is 1. The van der Waals surface area contributed by atoms with Crippen molar-refractivity contribution in [2.75, 3.05) is 18.1 Å². The van der Waals surface area contributed by atoms with Crippen molar-refractivity contribution in [1.82, 2.24) is 9.78 Å². The quantitative estimate of drug-likeness (QED) is 0.938. The van der Waals surface area contributed by atoms with Crippen LogP contribution in [0.2, 0.25) is 0 Å². The molecule has 0 fully saturated rings. The van der Waals surface area contributed by atoms with E-state index in [1.165, 1.54) is 11.3 Å². The molecule has 2 heterocycles. The van der Waals surface area contributed by atoms with Crippen molar-refractivity contribution >= 4 is 33.5 Å². The van der Waals surface area contributed by atoms with E-state index in [0.29, 0.717) is 0 Å². The third kappa shape index (κ3) is 1.95. The first-order chi connectivity index (χ1) is 8.81. The van der Waals surface area contributed by atoms with Gasteiger partial charge in [-0.1, -0.05) is 12.1 Å². The molecule has 1 aromatic carbocycles. The Labute approximate surface area is 119 Å². The summed E-state index contributed by atoms with van der Waals surface area (Å²) in [4.78, 5) is 0. The Hall–Kier alpha value is -0.940. The lowest BCUT2D eigenvalue weighted by molar-refractivity contribution is 0.850. The van der Waals surface area contributed by atoms with Crippen molar-refractivity contribution in [1.29, 1.82) is 0 Å². The largest absolute Gasteiger partial charge is 0.369 e. The van der Waals surface area contributed by atoms with Crippen LogP contribution in [-0.4, -0.2) is 22.6 Å². The van der Waals surface area contributed by atoms with E-state index in [-0.39, 0.29) is 0 Å².